The van der Waals surface area contributed by atoms with Gasteiger partial charge in [-0.2, -0.15) is 4.39 Å². The van der Waals surface area contributed by atoms with Crippen molar-refractivity contribution in [3.63, 3.8) is 0 Å². The summed E-state index contributed by atoms with van der Waals surface area (Å²) >= 11 is 1.48. The molecule has 0 radical (unpaired) electrons. The molecule has 0 fully saturated rings. The number of hydrogen-bond acceptors (Lipinski definition) is 6. The van der Waals surface area contributed by atoms with Crippen molar-refractivity contribution in [2.45, 2.75) is 19.9 Å². The van der Waals surface area contributed by atoms with Gasteiger partial charge in [-0.1, -0.05) is 0 Å². The van der Waals surface area contributed by atoms with Gasteiger partial charge in [-0.05, 0) is 43.7 Å². The Hall–Kier alpha value is -3.26. The highest BCUT2D eigenvalue weighted by molar-refractivity contribution is 7.21. The normalized spacial score (nSPS) is 16.2. The highest BCUT2D eigenvalue weighted by Gasteiger charge is 2.24. The van der Waals surface area contributed by atoms with E-state index < -0.39 is 5.95 Å². The van der Waals surface area contributed by atoms with Crippen LogP contribution in [-0.2, 0) is 0 Å². The van der Waals surface area contributed by atoms with Crippen LogP contribution < -0.4 is 16.0 Å². The second-order valence-electron chi connectivity index (χ2n) is 7.21. The Morgan fingerprint density at radius 2 is 2.14 bits per heavy atom. The van der Waals surface area contributed by atoms with E-state index in [4.69, 9.17) is 4.98 Å². The van der Waals surface area contributed by atoms with Crippen LogP contribution in [0.15, 0.2) is 36.5 Å². The molecule has 0 bridgehead atoms. The minimum atomic E-state index is -0.542. The number of fused-ring (bicyclic) bond motifs is 5. The zero-order valence-corrected chi connectivity index (χ0v) is 16.7. The summed E-state index contributed by atoms with van der Waals surface area (Å²) in [7, 11) is 0. The topological polar surface area (TPSA) is 78.9 Å². The molecule has 4 heterocycles. The predicted octanol–water partition coefficient (Wildman–Crippen LogP) is 4.58. The lowest BCUT2D eigenvalue weighted by Gasteiger charge is -2.11. The van der Waals surface area contributed by atoms with Gasteiger partial charge in [-0.25, -0.2) is 9.97 Å². The summed E-state index contributed by atoms with van der Waals surface area (Å²) in [6, 6.07) is 9.20. The standard InChI is InChI=1S/C21H18FN5OS/c1-10-8-23-16(22)7-14(10)27-17-6-3-12-13(26-17)4-5-15-18(12)19-20(29-15)21(28)25-11(2)9-24-19/h3-8,11,24H,9H2,1-2H3,(H,25,28)(H,23,26,27)/t11-/m1/s1. The molecule has 0 saturated carbocycles. The van der Waals surface area contributed by atoms with E-state index in [1.54, 1.807) is 0 Å². The van der Waals surface area contributed by atoms with E-state index in [1.807, 2.05) is 38.1 Å². The van der Waals surface area contributed by atoms with Crippen molar-refractivity contribution in [3.8, 4) is 0 Å². The molecule has 0 spiro atoms. The van der Waals surface area contributed by atoms with Crippen LogP contribution in [0.5, 0.6) is 0 Å². The van der Waals surface area contributed by atoms with Gasteiger partial charge in [0.1, 0.15) is 10.7 Å². The number of aromatic nitrogens is 2. The third kappa shape index (κ3) is 3.05. The first kappa shape index (κ1) is 17.8. The minimum absolute atomic E-state index is 0.0479. The van der Waals surface area contributed by atoms with Crippen molar-refractivity contribution in [2.75, 3.05) is 17.2 Å². The Bertz CT molecular complexity index is 1290. The molecule has 1 aliphatic heterocycles. The van der Waals surface area contributed by atoms with Crippen LogP contribution >= 0.6 is 11.3 Å². The molecular formula is C21H18FN5OS. The van der Waals surface area contributed by atoms with Gasteiger partial charge in [-0.3, -0.25) is 4.79 Å². The highest BCUT2D eigenvalue weighted by Crippen LogP contribution is 2.41. The van der Waals surface area contributed by atoms with Gasteiger partial charge in [0.05, 0.1) is 11.2 Å². The van der Waals surface area contributed by atoms with Crippen molar-refractivity contribution in [2.24, 2.45) is 0 Å². The number of amides is 1. The van der Waals surface area contributed by atoms with E-state index in [0.29, 0.717) is 22.9 Å². The Morgan fingerprint density at radius 1 is 1.28 bits per heavy atom. The molecule has 0 aliphatic carbocycles. The first-order valence-corrected chi connectivity index (χ1v) is 10.1. The van der Waals surface area contributed by atoms with Gasteiger partial charge in [-0.15, -0.1) is 11.3 Å². The average Bonchev–Trinajstić information content (AvgIpc) is 3.01. The van der Waals surface area contributed by atoms with Crippen molar-refractivity contribution < 1.29 is 9.18 Å². The van der Waals surface area contributed by atoms with Crippen molar-refractivity contribution in [3.05, 3.63) is 52.9 Å². The first-order chi connectivity index (χ1) is 14.0. The van der Waals surface area contributed by atoms with Crippen LogP contribution in [0.2, 0.25) is 0 Å². The first-order valence-electron chi connectivity index (χ1n) is 9.30. The molecule has 5 rings (SSSR count). The molecule has 3 aromatic heterocycles. The molecule has 1 aliphatic rings. The molecule has 6 nitrogen and oxygen atoms in total. The SMILES string of the molecule is Cc1cnc(F)cc1Nc1ccc2c(ccc3sc4c(c32)NC[C@@H](C)NC4=O)n1. The summed E-state index contributed by atoms with van der Waals surface area (Å²) in [5.41, 5.74) is 3.13. The van der Waals surface area contributed by atoms with Crippen molar-refractivity contribution in [1.82, 2.24) is 15.3 Å². The zero-order chi connectivity index (χ0) is 20.1. The van der Waals surface area contributed by atoms with Gasteiger partial charge < -0.3 is 16.0 Å². The molecule has 29 heavy (non-hydrogen) atoms. The number of aryl methyl sites for hydroxylation is 1. The number of anilines is 3. The molecule has 3 N–H and O–H groups in total. The second-order valence-corrected chi connectivity index (χ2v) is 8.26. The molecule has 1 amide bonds. The Morgan fingerprint density at radius 3 is 3.00 bits per heavy atom. The molecule has 146 valence electrons. The lowest BCUT2D eigenvalue weighted by molar-refractivity contribution is 0.0949. The molecule has 4 aromatic rings. The molecular weight excluding hydrogens is 389 g/mol. The third-order valence-corrected chi connectivity index (χ3v) is 6.18. The van der Waals surface area contributed by atoms with E-state index in [0.717, 1.165) is 32.2 Å². The highest BCUT2D eigenvalue weighted by atomic mass is 32.1. The number of thiophene rings is 1. The van der Waals surface area contributed by atoms with E-state index in [9.17, 15) is 9.18 Å². The van der Waals surface area contributed by atoms with E-state index >= 15 is 0 Å². The number of rotatable bonds is 2. The quantitative estimate of drug-likeness (QED) is 0.424. The Balaban J connectivity index is 1.62. The van der Waals surface area contributed by atoms with Crippen LogP contribution in [0, 0.1) is 12.9 Å². The summed E-state index contributed by atoms with van der Waals surface area (Å²) in [4.78, 5) is 21.6. The van der Waals surface area contributed by atoms with Crippen molar-refractivity contribution >= 4 is 55.4 Å². The fraction of sp³-hybridized carbons (Fsp3) is 0.190. The van der Waals surface area contributed by atoms with Crippen LogP contribution in [0.25, 0.3) is 21.0 Å². The number of pyridine rings is 2. The van der Waals surface area contributed by atoms with Gasteiger partial charge in [0.2, 0.25) is 5.95 Å². The van der Waals surface area contributed by atoms with Gasteiger partial charge in [0.25, 0.3) is 5.91 Å². The maximum Gasteiger partial charge on any atom is 0.263 e. The molecule has 0 unspecified atom stereocenters. The number of carbonyl (C=O) groups excluding carboxylic acids is 1. The fourth-order valence-corrected chi connectivity index (χ4v) is 4.66. The van der Waals surface area contributed by atoms with E-state index in [2.05, 4.69) is 20.9 Å². The minimum Gasteiger partial charge on any atom is -0.381 e. The largest absolute Gasteiger partial charge is 0.381 e. The summed E-state index contributed by atoms with van der Waals surface area (Å²) in [6.07, 6.45) is 1.49. The van der Waals surface area contributed by atoms with E-state index in [1.165, 1.54) is 23.6 Å². The van der Waals surface area contributed by atoms with Gasteiger partial charge in [0, 0.05) is 46.0 Å². The van der Waals surface area contributed by atoms with Crippen LogP contribution in [0.3, 0.4) is 0 Å². The summed E-state index contributed by atoms with van der Waals surface area (Å²) in [5, 5.41) is 11.6. The number of nitrogens with zero attached hydrogens (tertiary/aromatic N) is 2. The molecule has 0 saturated heterocycles. The Labute approximate surface area is 170 Å². The van der Waals surface area contributed by atoms with Gasteiger partial charge in [0.15, 0.2) is 0 Å². The second kappa shape index (κ2) is 6.66. The fourth-order valence-electron chi connectivity index (χ4n) is 3.57. The van der Waals surface area contributed by atoms with Crippen LogP contribution in [-0.4, -0.2) is 28.5 Å². The summed E-state index contributed by atoms with van der Waals surface area (Å²) in [5.74, 6) is 0.0274. The maximum atomic E-state index is 13.5. The lowest BCUT2D eigenvalue weighted by Crippen LogP contribution is -2.34. The van der Waals surface area contributed by atoms with E-state index in [-0.39, 0.29) is 11.9 Å². The number of hydrogen-bond donors (Lipinski definition) is 3. The molecule has 1 aromatic carbocycles. The van der Waals surface area contributed by atoms with Crippen molar-refractivity contribution in [1.29, 1.82) is 0 Å². The van der Waals surface area contributed by atoms with Crippen LogP contribution in [0.4, 0.5) is 21.6 Å². The third-order valence-electron chi connectivity index (χ3n) is 5.02. The molecule has 8 heteroatoms. The smallest absolute Gasteiger partial charge is 0.263 e. The lowest BCUT2D eigenvalue weighted by atomic mass is 10.1. The number of carbonyl (C=O) groups is 1. The predicted molar refractivity (Wildman–Crippen MR) is 115 cm³/mol. The Kier molecular flexibility index (Phi) is 4.09. The maximum absolute atomic E-state index is 13.5. The average molecular weight is 407 g/mol. The molecule has 1 atom stereocenters. The number of nitrogens with one attached hydrogen (secondary N) is 3. The zero-order valence-electron chi connectivity index (χ0n) is 15.8. The van der Waals surface area contributed by atoms with Gasteiger partial charge >= 0.3 is 0 Å². The monoisotopic (exact) mass is 407 g/mol. The number of halogens is 1. The summed E-state index contributed by atoms with van der Waals surface area (Å²) < 4.78 is 14.5. The van der Waals surface area contributed by atoms with Crippen LogP contribution in [0.1, 0.15) is 22.2 Å². The summed E-state index contributed by atoms with van der Waals surface area (Å²) in [6.45, 7) is 4.50. The number of benzene rings is 1.